The van der Waals surface area contributed by atoms with Crippen LogP contribution in [0.5, 0.6) is 0 Å². The number of hydrogen-bond acceptors (Lipinski definition) is 7. The molecule has 8 heteroatoms. The average molecular weight is 378 g/mol. The number of imidazole rings is 1. The molecule has 2 atom stereocenters. The van der Waals surface area contributed by atoms with E-state index in [2.05, 4.69) is 25.8 Å². The van der Waals surface area contributed by atoms with Crippen molar-refractivity contribution in [1.82, 2.24) is 19.8 Å². The topological polar surface area (TPSA) is 71.1 Å². The fourth-order valence-electron chi connectivity index (χ4n) is 4.35. The molecule has 0 radical (unpaired) electrons. The molecule has 8 nitrogen and oxygen atoms in total. The highest BCUT2D eigenvalue weighted by atomic mass is 16.5. The number of nitrogens with zero attached hydrogens (tertiary/aromatic N) is 5. The predicted molar refractivity (Wildman–Crippen MR) is 105 cm³/mol. The largest absolute Gasteiger partial charge is 0.465 e. The highest BCUT2D eigenvalue weighted by Crippen LogP contribution is 2.34. The maximum atomic E-state index is 5.82. The van der Waals surface area contributed by atoms with Crippen molar-refractivity contribution >= 4 is 22.9 Å². The molecule has 6 rings (SSSR count). The van der Waals surface area contributed by atoms with E-state index in [1.165, 1.54) is 0 Å². The van der Waals surface area contributed by atoms with Crippen molar-refractivity contribution in [3.8, 4) is 0 Å². The monoisotopic (exact) mass is 378 g/mol. The van der Waals surface area contributed by atoms with E-state index >= 15 is 0 Å². The van der Waals surface area contributed by atoms with Crippen LogP contribution in [0, 0.1) is 0 Å². The number of guanidine groups is 1. The minimum Gasteiger partial charge on any atom is -0.465 e. The lowest BCUT2D eigenvalue weighted by atomic mass is 10.2. The first kappa shape index (κ1) is 16.1. The highest BCUT2D eigenvalue weighted by Gasteiger charge is 2.37. The van der Waals surface area contributed by atoms with E-state index in [0.717, 1.165) is 61.4 Å². The molecule has 1 fully saturated rings. The Morgan fingerprint density at radius 3 is 3.00 bits per heavy atom. The fraction of sp³-hybridized carbons (Fsp3) is 0.400. The summed E-state index contributed by atoms with van der Waals surface area (Å²) in [4.78, 5) is 14.2. The summed E-state index contributed by atoms with van der Waals surface area (Å²) >= 11 is 0. The van der Waals surface area contributed by atoms with Crippen molar-refractivity contribution < 1.29 is 9.15 Å². The first-order valence-electron chi connectivity index (χ1n) is 9.80. The van der Waals surface area contributed by atoms with Gasteiger partial charge in [0, 0.05) is 13.2 Å². The number of ether oxygens (including phenoxy) is 1. The Bertz CT molecular complexity index is 1020. The lowest BCUT2D eigenvalue weighted by Crippen LogP contribution is -2.58. The number of benzene rings is 1. The van der Waals surface area contributed by atoms with Gasteiger partial charge in [-0.15, -0.1) is 0 Å². The number of nitrogens with one attached hydrogen (secondary N) is 1. The van der Waals surface area contributed by atoms with Crippen molar-refractivity contribution in [3.63, 3.8) is 0 Å². The number of fused-ring (bicyclic) bond motifs is 5. The van der Waals surface area contributed by atoms with Crippen molar-refractivity contribution in [2.45, 2.75) is 25.1 Å². The maximum absolute atomic E-state index is 5.82. The normalized spacial score (nSPS) is 24.7. The lowest BCUT2D eigenvalue weighted by Gasteiger charge is -2.41. The Morgan fingerprint density at radius 2 is 2.14 bits per heavy atom. The zero-order valence-corrected chi connectivity index (χ0v) is 15.5. The molecule has 144 valence electrons. The first-order valence-corrected chi connectivity index (χ1v) is 9.80. The maximum Gasteiger partial charge on any atom is 0.216 e. The summed E-state index contributed by atoms with van der Waals surface area (Å²) in [7, 11) is 0. The van der Waals surface area contributed by atoms with Crippen LogP contribution in [0.15, 0.2) is 52.1 Å². The van der Waals surface area contributed by atoms with Crippen LogP contribution in [0.3, 0.4) is 0 Å². The molecular weight excluding hydrogens is 356 g/mol. The van der Waals surface area contributed by atoms with Gasteiger partial charge in [-0.2, -0.15) is 0 Å². The van der Waals surface area contributed by atoms with Gasteiger partial charge in [0.2, 0.25) is 11.9 Å². The third-order valence-electron chi connectivity index (χ3n) is 5.66. The molecule has 1 aromatic carbocycles. The summed E-state index contributed by atoms with van der Waals surface area (Å²) in [5.74, 6) is 2.57. The summed E-state index contributed by atoms with van der Waals surface area (Å²) in [5.41, 5.74) is 2.04. The van der Waals surface area contributed by atoms with Crippen molar-refractivity contribution in [2.75, 3.05) is 31.4 Å². The Hall–Kier alpha value is -2.84. The van der Waals surface area contributed by atoms with Gasteiger partial charge in [0.1, 0.15) is 5.76 Å². The molecule has 3 aliphatic rings. The fourth-order valence-corrected chi connectivity index (χ4v) is 4.35. The minimum absolute atomic E-state index is 0.169. The second kappa shape index (κ2) is 6.35. The van der Waals surface area contributed by atoms with Crippen molar-refractivity contribution in [3.05, 3.63) is 48.4 Å². The van der Waals surface area contributed by atoms with Crippen molar-refractivity contribution in [2.24, 2.45) is 4.99 Å². The third kappa shape index (κ3) is 2.52. The molecule has 0 unspecified atom stereocenters. The van der Waals surface area contributed by atoms with Crippen LogP contribution in [-0.2, 0) is 4.74 Å². The number of aromatic nitrogens is 2. The van der Waals surface area contributed by atoms with Crippen LogP contribution in [0.4, 0.5) is 5.95 Å². The lowest BCUT2D eigenvalue weighted by molar-refractivity contribution is 0.0732. The van der Waals surface area contributed by atoms with Gasteiger partial charge < -0.3 is 14.5 Å². The predicted octanol–water partition coefficient (Wildman–Crippen LogP) is 2.35. The Kier molecular flexibility index (Phi) is 3.66. The van der Waals surface area contributed by atoms with Crippen LogP contribution < -0.4 is 10.2 Å². The summed E-state index contributed by atoms with van der Waals surface area (Å²) in [5, 5.41) is 3.55. The second-order valence-electron chi connectivity index (χ2n) is 7.51. The van der Waals surface area contributed by atoms with Gasteiger partial charge in [-0.3, -0.25) is 14.4 Å². The quantitative estimate of drug-likeness (QED) is 0.754. The minimum atomic E-state index is -0.169. The van der Waals surface area contributed by atoms with Gasteiger partial charge in [-0.25, -0.2) is 9.98 Å². The molecule has 3 aliphatic heterocycles. The second-order valence-corrected chi connectivity index (χ2v) is 7.51. The van der Waals surface area contributed by atoms with Crippen LogP contribution in [0.1, 0.15) is 24.8 Å². The summed E-state index contributed by atoms with van der Waals surface area (Å²) in [6.07, 6.45) is 4.12. The van der Waals surface area contributed by atoms with Crippen LogP contribution in [0.25, 0.3) is 11.0 Å². The molecule has 5 heterocycles. The standard InChI is InChI=1S/C20H22N6O2/c1-2-7-16-15(6-1)22-20-25-13-24(11-14-5-3-9-27-14)12-21-19(25)23-18(26(16)20)17-8-4-10-28-17/h1-2,4,6-8,10,14,18H,3,5,9,11-13H2,(H,21,23)/t14-,18-/m0/s1. The van der Waals surface area contributed by atoms with Crippen molar-refractivity contribution in [1.29, 1.82) is 0 Å². The SMILES string of the molecule is c1coc([C@H]2NC3=NCN(C[C@@H]4CCCO4)CN3c3nc4ccccc4n32)c1. The first-order chi connectivity index (χ1) is 13.9. The summed E-state index contributed by atoms with van der Waals surface area (Å²) in [6, 6.07) is 12.1. The van der Waals surface area contributed by atoms with Gasteiger partial charge in [-0.1, -0.05) is 12.1 Å². The number of rotatable bonds is 3. The number of para-hydroxylation sites is 2. The molecule has 0 amide bonds. The van der Waals surface area contributed by atoms with Crippen LogP contribution >= 0.6 is 0 Å². The van der Waals surface area contributed by atoms with E-state index in [1.807, 2.05) is 30.3 Å². The molecular formula is C20H22N6O2. The Balaban J connectivity index is 1.41. The number of anilines is 1. The van der Waals surface area contributed by atoms with Crippen LogP contribution in [0.2, 0.25) is 0 Å². The number of furan rings is 1. The number of hydrogen-bond donors (Lipinski definition) is 1. The molecule has 1 saturated heterocycles. The zero-order chi connectivity index (χ0) is 18.5. The van der Waals surface area contributed by atoms with Gasteiger partial charge in [0.05, 0.1) is 36.7 Å². The van der Waals surface area contributed by atoms with E-state index in [9.17, 15) is 0 Å². The van der Waals surface area contributed by atoms with E-state index in [4.69, 9.17) is 19.1 Å². The summed E-state index contributed by atoms with van der Waals surface area (Å²) in [6.45, 7) is 3.16. The highest BCUT2D eigenvalue weighted by molar-refractivity contribution is 5.98. The Morgan fingerprint density at radius 1 is 1.18 bits per heavy atom. The van der Waals surface area contributed by atoms with Gasteiger partial charge in [0.25, 0.3) is 0 Å². The molecule has 0 spiro atoms. The molecule has 28 heavy (non-hydrogen) atoms. The molecule has 0 aliphatic carbocycles. The molecule has 1 N–H and O–H groups in total. The number of aliphatic imine (C=N–C) groups is 1. The zero-order valence-electron chi connectivity index (χ0n) is 15.5. The van der Waals surface area contributed by atoms with Gasteiger partial charge >= 0.3 is 0 Å². The Labute approximate surface area is 162 Å². The molecule has 0 saturated carbocycles. The van der Waals surface area contributed by atoms with Gasteiger partial charge in [-0.05, 0) is 37.1 Å². The molecule has 2 aromatic heterocycles. The summed E-state index contributed by atoms with van der Waals surface area (Å²) < 4.78 is 13.7. The van der Waals surface area contributed by atoms with Gasteiger partial charge in [0.15, 0.2) is 6.17 Å². The third-order valence-corrected chi connectivity index (χ3v) is 5.66. The molecule has 0 bridgehead atoms. The molecule has 3 aromatic rings. The van der Waals surface area contributed by atoms with E-state index < -0.39 is 0 Å². The van der Waals surface area contributed by atoms with E-state index in [1.54, 1.807) is 6.26 Å². The van der Waals surface area contributed by atoms with E-state index in [-0.39, 0.29) is 6.17 Å². The van der Waals surface area contributed by atoms with Crippen LogP contribution in [-0.4, -0.2) is 53.0 Å². The van der Waals surface area contributed by atoms with E-state index in [0.29, 0.717) is 12.8 Å². The smallest absolute Gasteiger partial charge is 0.216 e. The average Bonchev–Trinajstić information content (AvgIpc) is 3.48.